The van der Waals surface area contributed by atoms with E-state index in [1.807, 2.05) is 0 Å². The summed E-state index contributed by atoms with van der Waals surface area (Å²) in [4.78, 5) is 2.45. The first-order valence-electron chi connectivity index (χ1n) is 3.96. The molecule has 80 valence electrons. The largest absolute Gasteiger partial charge is 0.396 e. The van der Waals surface area contributed by atoms with Gasteiger partial charge in [0.15, 0.2) is 6.29 Å². The molecule has 8 nitrogen and oxygen atoms in total. The van der Waals surface area contributed by atoms with E-state index in [9.17, 15) is 5.11 Å². The van der Waals surface area contributed by atoms with Gasteiger partial charge in [-0.2, -0.15) is 0 Å². The van der Waals surface area contributed by atoms with Crippen LogP contribution in [0.4, 0.5) is 0 Å². The molecule has 0 aromatic carbocycles. The van der Waals surface area contributed by atoms with E-state index < -0.39 is 37.3 Å². The smallest absolute Gasteiger partial charge is 0.183 e. The van der Waals surface area contributed by atoms with Crippen molar-refractivity contribution < 1.29 is 25.2 Å². The number of hydrogen-bond acceptors (Lipinski definition) is 6. The van der Waals surface area contributed by atoms with Crippen molar-refractivity contribution >= 4 is 0 Å². The highest BCUT2D eigenvalue weighted by Gasteiger charge is 2.45. The van der Waals surface area contributed by atoms with E-state index in [2.05, 4.69) is 10.0 Å². The van der Waals surface area contributed by atoms with Crippen LogP contribution >= 0.6 is 0 Å². The Hall–Kier alpha value is -0.890. The molecule has 4 N–H and O–H groups in total. The SMILES string of the molecule is [N-]=[N+]=N[C@H](CO)[C@H]1OC(O)[C@H](O)[C@H]1O. The third kappa shape index (κ3) is 1.95. The monoisotopic (exact) mass is 205 g/mol. The Morgan fingerprint density at radius 3 is 2.36 bits per heavy atom. The Morgan fingerprint density at radius 2 is 2.00 bits per heavy atom. The van der Waals surface area contributed by atoms with Gasteiger partial charge in [0.2, 0.25) is 0 Å². The highest BCUT2D eigenvalue weighted by atomic mass is 16.6. The van der Waals surface area contributed by atoms with E-state index in [0.717, 1.165) is 0 Å². The Morgan fingerprint density at radius 1 is 1.36 bits per heavy atom. The van der Waals surface area contributed by atoms with Crippen molar-refractivity contribution in [1.82, 2.24) is 0 Å². The van der Waals surface area contributed by atoms with Crippen LogP contribution in [0.2, 0.25) is 0 Å². The summed E-state index contributed by atoms with van der Waals surface area (Å²) >= 11 is 0. The molecule has 1 aliphatic heterocycles. The fourth-order valence-electron chi connectivity index (χ4n) is 1.28. The number of nitrogens with zero attached hydrogens (tertiary/aromatic N) is 3. The average molecular weight is 205 g/mol. The lowest BCUT2D eigenvalue weighted by molar-refractivity contribution is -0.131. The van der Waals surface area contributed by atoms with Gasteiger partial charge in [-0.1, -0.05) is 5.11 Å². The molecule has 1 aliphatic rings. The van der Waals surface area contributed by atoms with Crippen LogP contribution in [-0.4, -0.2) is 57.7 Å². The third-order valence-electron chi connectivity index (χ3n) is 2.04. The molecule has 8 heteroatoms. The van der Waals surface area contributed by atoms with Crippen molar-refractivity contribution in [2.45, 2.75) is 30.6 Å². The van der Waals surface area contributed by atoms with E-state index in [1.54, 1.807) is 0 Å². The minimum Gasteiger partial charge on any atom is -0.396 e. The summed E-state index contributed by atoms with van der Waals surface area (Å²) in [7, 11) is 0. The minimum atomic E-state index is -1.53. The number of ether oxygens (including phenoxy) is 1. The number of azide groups is 1. The van der Waals surface area contributed by atoms with Gasteiger partial charge in [-0.05, 0) is 5.53 Å². The fraction of sp³-hybridized carbons (Fsp3) is 1.00. The number of hydrogen-bond donors (Lipinski definition) is 4. The second-order valence-corrected chi connectivity index (χ2v) is 2.93. The highest BCUT2D eigenvalue weighted by Crippen LogP contribution is 2.23. The quantitative estimate of drug-likeness (QED) is 0.242. The van der Waals surface area contributed by atoms with Crippen molar-refractivity contribution in [3.63, 3.8) is 0 Å². The summed E-state index contributed by atoms with van der Waals surface area (Å²) in [5, 5.41) is 39.4. The van der Waals surface area contributed by atoms with Crippen LogP contribution in [0, 0.1) is 0 Å². The van der Waals surface area contributed by atoms with Gasteiger partial charge in [0.25, 0.3) is 0 Å². The van der Waals surface area contributed by atoms with Gasteiger partial charge in [-0.15, -0.1) is 0 Å². The molecular formula is C6H11N3O5. The first-order valence-corrected chi connectivity index (χ1v) is 3.96. The zero-order valence-electron chi connectivity index (χ0n) is 7.13. The topological polar surface area (TPSA) is 139 Å². The molecule has 1 fully saturated rings. The van der Waals surface area contributed by atoms with Gasteiger partial charge < -0.3 is 25.2 Å². The van der Waals surface area contributed by atoms with Crippen molar-refractivity contribution in [3.05, 3.63) is 10.4 Å². The summed E-state index contributed by atoms with van der Waals surface area (Å²) in [6, 6.07) is -1.03. The molecular weight excluding hydrogens is 194 g/mol. The molecule has 1 unspecified atom stereocenters. The first-order chi connectivity index (χ1) is 6.61. The van der Waals surface area contributed by atoms with E-state index in [0.29, 0.717) is 0 Å². The van der Waals surface area contributed by atoms with Gasteiger partial charge >= 0.3 is 0 Å². The predicted molar refractivity (Wildman–Crippen MR) is 42.9 cm³/mol. The summed E-state index contributed by atoms with van der Waals surface area (Å²) in [5.74, 6) is 0. The number of aliphatic hydroxyl groups is 4. The molecule has 0 aliphatic carbocycles. The van der Waals surface area contributed by atoms with Crippen LogP contribution in [0.3, 0.4) is 0 Å². The second-order valence-electron chi connectivity index (χ2n) is 2.93. The van der Waals surface area contributed by atoms with Gasteiger partial charge in [0.1, 0.15) is 18.3 Å². The van der Waals surface area contributed by atoms with E-state index in [1.165, 1.54) is 0 Å². The lowest BCUT2D eigenvalue weighted by atomic mass is 10.1. The predicted octanol–water partition coefficient (Wildman–Crippen LogP) is -1.90. The maximum Gasteiger partial charge on any atom is 0.183 e. The van der Waals surface area contributed by atoms with Gasteiger partial charge in [0.05, 0.1) is 12.6 Å². The summed E-state index contributed by atoms with van der Waals surface area (Å²) in [5.41, 5.74) is 8.13. The van der Waals surface area contributed by atoms with Crippen molar-refractivity contribution in [2.24, 2.45) is 5.11 Å². The molecule has 1 saturated heterocycles. The summed E-state index contributed by atoms with van der Waals surface area (Å²) < 4.78 is 4.72. The van der Waals surface area contributed by atoms with Crippen molar-refractivity contribution in [3.8, 4) is 0 Å². The lowest BCUT2D eigenvalue weighted by Gasteiger charge is -2.18. The maximum atomic E-state index is 9.33. The molecule has 14 heavy (non-hydrogen) atoms. The maximum absolute atomic E-state index is 9.33. The summed E-state index contributed by atoms with van der Waals surface area (Å²) in [6.45, 7) is -0.536. The molecule has 0 amide bonds. The van der Waals surface area contributed by atoms with Crippen LogP contribution in [0.15, 0.2) is 5.11 Å². The molecule has 1 rings (SSSR count). The zero-order chi connectivity index (χ0) is 10.7. The van der Waals surface area contributed by atoms with Gasteiger partial charge in [0, 0.05) is 4.91 Å². The highest BCUT2D eigenvalue weighted by molar-refractivity contribution is 4.93. The standard InChI is InChI=1S/C6H11N3O5/c7-9-8-2(1-10)5-3(11)4(12)6(13)14-5/h2-6,10-13H,1H2/t2-,3-,4-,5-,6?/m1/s1. The van der Waals surface area contributed by atoms with Crippen molar-refractivity contribution in [2.75, 3.05) is 6.61 Å². The van der Waals surface area contributed by atoms with Crippen molar-refractivity contribution in [1.29, 1.82) is 0 Å². The number of aliphatic hydroxyl groups excluding tert-OH is 4. The molecule has 0 bridgehead atoms. The fourth-order valence-corrected chi connectivity index (χ4v) is 1.28. The van der Waals surface area contributed by atoms with E-state index in [-0.39, 0.29) is 0 Å². The molecule has 0 aromatic rings. The normalized spacial score (nSPS) is 39.1. The number of rotatable bonds is 3. The van der Waals surface area contributed by atoms with Crippen LogP contribution < -0.4 is 0 Å². The van der Waals surface area contributed by atoms with E-state index in [4.69, 9.17) is 25.6 Å². The third-order valence-corrected chi connectivity index (χ3v) is 2.04. The average Bonchev–Trinajstić information content (AvgIpc) is 2.42. The molecule has 1 heterocycles. The Kier molecular flexibility index (Phi) is 3.64. The first kappa shape index (κ1) is 11.2. The Labute approximate surface area is 79.0 Å². The van der Waals surface area contributed by atoms with Crippen LogP contribution in [-0.2, 0) is 4.74 Å². The molecule has 0 radical (unpaired) electrons. The minimum absolute atomic E-state index is 0.536. The van der Waals surface area contributed by atoms with Gasteiger partial charge in [-0.25, -0.2) is 0 Å². The summed E-state index contributed by atoms with van der Waals surface area (Å²) in [6.07, 6.45) is -5.46. The Balaban J connectivity index is 2.73. The van der Waals surface area contributed by atoms with Crippen LogP contribution in [0.1, 0.15) is 0 Å². The Bertz CT molecular complexity index is 244. The molecule has 0 saturated carbocycles. The molecule has 0 aromatic heterocycles. The molecule has 5 atom stereocenters. The van der Waals surface area contributed by atoms with E-state index >= 15 is 0 Å². The van der Waals surface area contributed by atoms with Crippen LogP contribution in [0.25, 0.3) is 10.4 Å². The second kappa shape index (κ2) is 4.56. The van der Waals surface area contributed by atoms with Gasteiger partial charge in [-0.3, -0.25) is 0 Å². The molecule has 0 spiro atoms. The van der Waals surface area contributed by atoms with Crippen LogP contribution in [0.5, 0.6) is 0 Å². The lowest BCUT2D eigenvalue weighted by Crippen LogP contribution is -2.39. The zero-order valence-corrected chi connectivity index (χ0v) is 7.13.